The first-order valence-electron chi connectivity index (χ1n) is 5.64. The summed E-state index contributed by atoms with van der Waals surface area (Å²) in [6.07, 6.45) is 4.20. The monoisotopic (exact) mass is 220 g/mol. The van der Waals surface area contributed by atoms with Crippen molar-refractivity contribution in [3.05, 3.63) is 30.1 Å². The van der Waals surface area contributed by atoms with E-state index in [4.69, 9.17) is 0 Å². The third-order valence-electron chi connectivity index (χ3n) is 2.79. The molecule has 86 valence electrons. The molecule has 2 N–H and O–H groups in total. The van der Waals surface area contributed by atoms with Crippen LogP contribution in [0.1, 0.15) is 29.8 Å². The molecule has 1 saturated carbocycles. The first-order chi connectivity index (χ1) is 7.77. The van der Waals surface area contributed by atoms with Crippen LogP contribution >= 0.6 is 0 Å². The van der Waals surface area contributed by atoms with Gasteiger partial charge in [-0.1, -0.05) is 6.07 Å². The molecule has 0 spiro atoms. The Morgan fingerprint density at radius 1 is 1.56 bits per heavy atom. The van der Waals surface area contributed by atoms with Gasteiger partial charge in [0.1, 0.15) is 5.69 Å². The van der Waals surface area contributed by atoms with Crippen LogP contribution < -0.4 is 5.32 Å². The van der Waals surface area contributed by atoms with Gasteiger partial charge in [-0.05, 0) is 37.3 Å². The summed E-state index contributed by atoms with van der Waals surface area (Å²) in [5, 5.41) is 12.4. The molecule has 1 aliphatic carbocycles. The number of aliphatic hydroxyl groups excluding tert-OH is 1. The molecule has 0 radical (unpaired) electrons. The molecule has 2 rings (SSSR count). The molecule has 1 aromatic heterocycles. The summed E-state index contributed by atoms with van der Waals surface area (Å²) >= 11 is 0. The highest BCUT2D eigenvalue weighted by molar-refractivity contribution is 5.92. The number of aromatic nitrogens is 1. The molecule has 16 heavy (non-hydrogen) atoms. The Morgan fingerprint density at radius 2 is 2.38 bits per heavy atom. The minimum absolute atomic E-state index is 0.177. The van der Waals surface area contributed by atoms with E-state index in [1.807, 2.05) is 0 Å². The van der Waals surface area contributed by atoms with E-state index >= 15 is 0 Å². The number of amides is 1. The van der Waals surface area contributed by atoms with E-state index in [9.17, 15) is 9.90 Å². The fourth-order valence-electron chi connectivity index (χ4n) is 1.64. The van der Waals surface area contributed by atoms with Crippen molar-refractivity contribution in [2.24, 2.45) is 5.92 Å². The standard InChI is InChI=1S/C12H16N2O2/c15-11(9-4-5-9)6-8-14-12(16)10-3-1-2-7-13-10/h1-3,7,9,11,15H,4-6,8H2,(H,14,16). The zero-order chi connectivity index (χ0) is 11.4. The van der Waals surface area contributed by atoms with Crippen molar-refractivity contribution >= 4 is 5.91 Å². The topological polar surface area (TPSA) is 62.2 Å². The molecule has 1 heterocycles. The smallest absolute Gasteiger partial charge is 0.269 e. The van der Waals surface area contributed by atoms with Gasteiger partial charge >= 0.3 is 0 Å². The van der Waals surface area contributed by atoms with Crippen molar-refractivity contribution in [1.82, 2.24) is 10.3 Å². The predicted molar refractivity (Wildman–Crippen MR) is 59.9 cm³/mol. The van der Waals surface area contributed by atoms with Gasteiger partial charge in [-0.3, -0.25) is 9.78 Å². The zero-order valence-corrected chi connectivity index (χ0v) is 9.10. The van der Waals surface area contributed by atoms with Crippen LogP contribution in [0.25, 0.3) is 0 Å². The third kappa shape index (κ3) is 3.03. The highest BCUT2D eigenvalue weighted by Gasteiger charge is 2.29. The summed E-state index contributed by atoms with van der Waals surface area (Å²) in [6, 6.07) is 5.22. The maximum absolute atomic E-state index is 11.6. The van der Waals surface area contributed by atoms with Crippen molar-refractivity contribution in [2.75, 3.05) is 6.54 Å². The van der Waals surface area contributed by atoms with Gasteiger partial charge in [0.25, 0.3) is 5.91 Å². The maximum atomic E-state index is 11.6. The average molecular weight is 220 g/mol. The predicted octanol–water partition coefficient (Wildman–Crippen LogP) is 0.972. The first kappa shape index (κ1) is 11.1. The Bertz CT molecular complexity index is 349. The second-order valence-corrected chi connectivity index (χ2v) is 4.16. The molecule has 4 heteroatoms. The quantitative estimate of drug-likeness (QED) is 0.777. The molecule has 1 fully saturated rings. The minimum atomic E-state index is -0.260. The van der Waals surface area contributed by atoms with E-state index in [-0.39, 0.29) is 12.0 Å². The SMILES string of the molecule is O=C(NCCC(O)C1CC1)c1ccccn1. The highest BCUT2D eigenvalue weighted by Crippen LogP contribution is 2.33. The minimum Gasteiger partial charge on any atom is -0.393 e. The molecule has 0 aromatic carbocycles. The van der Waals surface area contributed by atoms with E-state index in [1.165, 1.54) is 0 Å². The Labute approximate surface area is 94.7 Å². The van der Waals surface area contributed by atoms with Crippen molar-refractivity contribution < 1.29 is 9.90 Å². The van der Waals surface area contributed by atoms with Gasteiger partial charge in [-0.2, -0.15) is 0 Å². The molecule has 0 aliphatic heterocycles. The lowest BCUT2D eigenvalue weighted by Crippen LogP contribution is -2.28. The van der Waals surface area contributed by atoms with Crippen LogP contribution in [0.3, 0.4) is 0 Å². The summed E-state index contributed by atoms with van der Waals surface area (Å²) in [5.41, 5.74) is 0.420. The molecule has 1 aromatic rings. The lowest BCUT2D eigenvalue weighted by Gasteiger charge is -2.09. The Hall–Kier alpha value is -1.42. The fourth-order valence-corrected chi connectivity index (χ4v) is 1.64. The van der Waals surface area contributed by atoms with E-state index in [1.54, 1.807) is 24.4 Å². The van der Waals surface area contributed by atoms with E-state index in [0.717, 1.165) is 12.8 Å². The lowest BCUT2D eigenvalue weighted by atomic mass is 10.1. The molecule has 0 bridgehead atoms. The summed E-state index contributed by atoms with van der Waals surface area (Å²) in [5.74, 6) is 0.287. The van der Waals surface area contributed by atoms with E-state index < -0.39 is 0 Å². The van der Waals surface area contributed by atoms with Gasteiger partial charge in [-0.15, -0.1) is 0 Å². The number of nitrogens with one attached hydrogen (secondary N) is 1. The van der Waals surface area contributed by atoms with Crippen LogP contribution in [0.2, 0.25) is 0 Å². The third-order valence-corrected chi connectivity index (χ3v) is 2.79. The maximum Gasteiger partial charge on any atom is 0.269 e. The average Bonchev–Trinajstić information content (AvgIpc) is 3.14. The molecule has 0 saturated heterocycles. The molecule has 4 nitrogen and oxygen atoms in total. The van der Waals surface area contributed by atoms with Crippen LogP contribution in [-0.4, -0.2) is 28.6 Å². The molecular formula is C12H16N2O2. The number of carbonyl (C=O) groups is 1. The van der Waals surface area contributed by atoms with Crippen LogP contribution in [0.5, 0.6) is 0 Å². The van der Waals surface area contributed by atoms with E-state index in [0.29, 0.717) is 24.6 Å². The number of carbonyl (C=O) groups excluding carboxylic acids is 1. The van der Waals surface area contributed by atoms with Crippen LogP contribution in [0, 0.1) is 5.92 Å². The Kier molecular flexibility index (Phi) is 3.51. The van der Waals surface area contributed by atoms with E-state index in [2.05, 4.69) is 10.3 Å². The van der Waals surface area contributed by atoms with Gasteiger partial charge in [0.15, 0.2) is 0 Å². The zero-order valence-electron chi connectivity index (χ0n) is 9.10. The largest absolute Gasteiger partial charge is 0.393 e. The number of hydrogen-bond donors (Lipinski definition) is 2. The first-order valence-corrected chi connectivity index (χ1v) is 5.64. The van der Waals surface area contributed by atoms with Crippen molar-refractivity contribution in [1.29, 1.82) is 0 Å². The number of hydrogen-bond acceptors (Lipinski definition) is 3. The molecular weight excluding hydrogens is 204 g/mol. The summed E-state index contributed by atoms with van der Waals surface area (Å²) < 4.78 is 0. The molecule has 1 unspecified atom stereocenters. The fraction of sp³-hybridized carbons (Fsp3) is 0.500. The Balaban J connectivity index is 1.71. The number of rotatable bonds is 5. The van der Waals surface area contributed by atoms with Crippen molar-refractivity contribution in [2.45, 2.75) is 25.4 Å². The van der Waals surface area contributed by atoms with Gasteiger partial charge in [-0.25, -0.2) is 0 Å². The molecule has 1 aliphatic rings. The van der Waals surface area contributed by atoms with Gasteiger partial charge in [0, 0.05) is 12.7 Å². The van der Waals surface area contributed by atoms with Gasteiger partial charge in [0.05, 0.1) is 6.10 Å². The summed E-state index contributed by atoms with van der Waals surface area (Å²) in [7, 11) is 0. The van der Waals surface area contributed by atoms with Crippen molar-refractivity contribution in [3.63, 3.8) is 0 Å². The lowest BCUT2D eigenvalue weighted by molar-refractivity contribution is 0.0932. The number of pyridine rings is 1. The van der Waals surface area contributed by atoms with Crippen LogP contribution in [0.4, 0.5) is 0 Å². The second-order valence-electron chi connectivity index (χ2n) is 4.16. The summed E-state index contributed by atoms with van der Waals surface area (Å²) in [6.45, 7) is 0.507. The molecule has 1 atom stereocenters. The number of aliphatic hydroxyl groups is 1. The Morgan fingerprint density at radius 3 is 3.00 bits per heavy atom. The second kappa shape index (κ2) is 5.07. The molecule has 1 amide bonds. The number of nitrogens with zero attached hydrogens (tertiary/aromatic N) is 1. The van der Waals surface area contributed by atoms with Crippen molar-refractivity contribution in [3.8, 4) is 0 Å². The van der Waals surface area contributed by atoms with Gasteiger partial charge < -0.3 is 10.4 Å². The van der Waals surface area contributed by atoms with Crippen LogP contribution in [-0.2, 0) is 0 Å². The van der Waals surface area contributed by atoms with Crippen LogP contribution in [0.15, 0.2) is 24.4 Å². The summed E-state index contributed by atoms with van der Waals surface area (Å²) in [4.78, 5) is 15.5. The van der Waals surface area contributed by atoms with Gasteiger partial charge in [0.2, 0.25) is 0 Å². The highest BCUT2D eigenvalue weighted by atomic mass is 16.3. The normalized spacial score (nSPS) is 16.8.